The van der Waals surface area contributed by atoms with Crippen molar-refractivity contribution in [2.75, 3.05) is 0 Å². The van der Waals surface area contributed by atoms with E-state index < -0.39 is 0 Å². The lowest BCUT2D eigenvalue weighted by Gasteiger charge is -2.05. The molecule has 0 N–H and O–H groups in total. The van der Waals surface area contributed by atoms with Crippen molar-refractivity contribution in [2.24, 2.45) is 0 Å². The van der Waals surface area contributed by atoms with Gasteiger partial charge in [0.15, 0.2) is 5.69 Å². The topological polar surface area (TPSA) is 26.9 Å². The first kappa shape index (κ1) is 8.34. The zero-order chi connectivity index (χ0) is 8.43. The van der Waals surface area contributed by atoms with Crippen LogP contribution in [-0.2, 0) is 5.88 Å². The van der Waals surface area contributed by atoms with E-state index in [1.807, 2.05) is 13.0 Å². The van der Waals surface area contributed by atoms with Gasteiger partial charge in [-0.15, -0.1) is 11.6 Å². The molecule has 1 rings (SSSR count). The molecule has 0 unspecified atom stereocenters. The van der Waals surface area contributed by atoms with Crippen LogP contribution in [0, 0.1) is 19.1 Å². The molecular weight excluding hydrogens is 162 g/mol. The van der Waals surface area contributed by atoms with Gasteiger partial charge in [-0.1, -0.05) is 0 Å². The molecule has 1 aromatic heterocycles. The number of halogens is 1. The molecule has 1 heterocycles. The summed E-state index contributed by atoms with van der Waals surface area (Å²) >= 11 is 5.56. The van der Waals surface area contributed by atoms with Crippen molar-refractivity contribution in [3.05, 3.63) is 34.3 Å². The van der Waals surface area contributed by atoms with Gasteiger partial charge in [0.25, 0.3) is 0 Å². The first-order chi connectivity index (χ1) is 5.15. The van der Waals surface area contributed by atoms with Crippen LogP contribution in [0.1, 0.15) is 17.0 Å². The molecule has 0 radical (unpaired) electrons. The number of alkyl halides is 1. The van der Waals surface area contributed by atoms with Crippen LogP contribution in [0.15, 0.2) is 12.1 Å². The average molecular weight is 172 g/mol. The predicted molar refractivity (Wildman–Crippen MR) is 44.4 cm³/mol. The Morgan fingerprint density at radius 1 is 1.45 bits per heavy atom. The van der Waals surface area contributed by atoms with Crippen LogP contribution < -0.4 is 4.73 Å². The van der Waals surface area contributed by atoms with Crippen molar-refractivity contribution in [1.82, 2.24) is 0 Å². The van der Waals surface area contributed by atoms with Crippen LogP contribution in [0.2, 0.25) is 0 Å². The molecule has 0 saturated carbocycles. The van der Waals surface area contributed by atoms with Gasteiger partial charge < -0.3 is 5.21 Å². The maximum atomic E-state index is 11.2. The number of aromatic nitrogens is 1. The summed E-state index contributed by atoms with van der Waals surface area (Å²) in [4.78, 5) is 0. The molecule has 0 aromatic carbocycles. The Morgan fingerprint density at radius 3 is 2.64 bits per heavy atom. The van der Waals surface area contributed by atoms with E-state index in [-0.39, 0.29) is 5.88 Å². The minimum absolute atomic E-state index is 0.270. The van der Waals surface area contributed by atoms with Gasteiger partial charge in [-0.05, 0) is 12.5 Å². The normalized spacial score (nSPS) is 10.1. The van der Waals surface area contributed by atoms with Crippen LogP contribution >= 0.6 is 11.6 Å². The predicted octanol–water partition coefficient (Wildman–Crippen LogP) is 1.68. The lowest BCUT2D eigenvalue weighted by molar-refractivity contribution is -0.619. The van der Waals surface area contributed by atoms with Crippen molar-refractivity contribution in [3.8, 4) is 0 Å². The summed E-state index contributed by atoms with van der Waals surface area (Å²) in [5.41, 5.74) is 2.38. The number of aryl methyl sites for hydroxylation is 2. The molecule has 0 spiro atoms. The smallest absolute Gasteiger partial charge is 0.208 e. The number of hydrogen-bond acceptors (Lipinski definition) is 1. The molecule has 0 aliphatic rings. The van der Waals surface area contributed by atoms with Gasteiger partial charge in [-0.25, -0.2) is 0 Å². The Labute approximate surface area is 71.0 Å². The number of nitrogens with zero attached hydrogens (tertiary/aromatic N) is 1. The van der Waals surface area contributed by atoms with Gasteiger partial charge in [-0.3, -0.25) is 0 Å². The highest BCUT2D eigenvalue weighted by molar-refractivity contribution is 6.16. The molecule has 0 aliphatic carbocycles. The van der Waals surface area contributed by atoms with E-state index in [9.17, 15) is 5.21 Å². The van der Waals surface area contributed by atoms with Crippen LogP contribution in [0.3, 0.4) is 0 Å². The van der Waals surface area contributed by atoms with Gasteiger partial charge >= 0.3 is 0 Å². The summed E-state index contributed by atoms with van der Waals surface area (Å²) in [5, 5.41) is 11.2. The van der Waals surface area contributed by atoms with Crippen molar-refractivity contribution in [2.45, 2.75) is 19.7 Å². The van der Waals surface area contributed by atoms with Gasteiger partial charge in [0, 0.05) is 19.1 Å². The summed E-state index contributed by atoms with van der Waals surface area (Å²) < 4.78 is 0.861. The van der Waals surface area contributed by atoms with E-state index in [0.29, 0.717) is 11.4 Å². The SMILES string of the molecule is Cc1cc(C)[n+]([O-])c(CCl)c1. The van der Waals surface area contributed by atoms with Crippen LogP contribution in [0.5, 0.6) is 0 Å². The number of pyridine rings is 1. The third kappa shape index (κ3) is 1.63. The molecule has 0 bridgehead atoms. The van der Waals surface area contributed by atoms with E-state index in [0.717, 1.165) is 10.3 Å². The molecule has 1 aromatic rings. The molecule has 0 saturated heterocycles. The zero-order valence-corrected chi connectivity index (χ0v) is 7.35. The Kier molecular flexibility index (Phi) is 2.35. The second kappa shape index (κ2) is 3.09. The van der Waals surface area contributed by atoms with Gasteiger partial charge in [0.1, 0.15) is 5.88 Å². The third-order valence-corrected chi connectivity index (χ3v) is 1.82. The molecule has 0 fully saturated rings. The zero-order valence-electron chi connectivity index (χ0n) is 6.60. The maximum Gasteiger partial charge on any atom is 0.208 e. The first-order valence-corrected chi connectivity index (χ1v) is 3.94. The maximum absolute atomic E-state index is 11.2. The minimum Gasteiger partial charge on any atom is -0.618 e. The fourth-order valence-electron chi connectivity index (χ4n) is 1.07. The summed E-state index contributed by atoms with van der Waals surface area (Å²) in [6.45, 7) is 3.72. The molecule has 3 heteroatoms. The van der Waals surface area contributed by atoms with E-state index in [1.54, 1.807) is 13.0 Å². The lowest BCUT2D eigenvalue weighted by Crippen LogP contribution is -2.34. The minimum atomic E-state index is 0.270. The fraction of sp³-hybridized carbons (Fsp3) is 0.375. The van der Waals surface area contributed by atoms with Crippen LogP contribution in [0.25, 0.3) is 0 Å². The van der Waals surface area contributed by atoms with E-state index in [2.05, 4.69) is 0 Å². The molecule has 11 heavy (non-hydrogen) atoms. The Hall–Kier alpha value is -0.760. The first-order valence-electron chi connectivity index (χ1n) is 3.41. The van der Waals surface area contributed by atoms with E-state index >= 15 is 0 Å². The third-order valence-electron chi connectivity index (χ3n) is 1.55. The standard InChI is InChI=1S/C8H10ClNO/c1-6-3-7(2)10(11)8(4-6)5-9/h3-4H,5H2,1-2H3. The van der Waals surface area contributed by atoms with E-state index in [4.69, 9.17) is 11.6 Å². The van der Waals surface area contributed by atoms with Crippen molar-refractivity contribution in [3.63, 3.8) is 0 Å². The Morgan fingerprint density at radius 2 is 2.09 bits per heavy atom. The monoisotopic (exact) mass is 171 g/mol. The molecular formula is C8H10ClNO. The highest BCUT2D eigenvalue weighted by atomic mass is 35.5. The summed E-state index contributed by atoms with van der Waals surface area (Å²) in [5.74, 6) is 0.270. The summed E-state index contributed by atoms with van der Waals surface area (Å²) in [6.07, 6.45) is 0. The lowest BCUT2D eigenvalue weighted by atomic mass is 10.2. The van der Waals surface area contributed by atoms with Gasteiger partial charge in [0.2, 0.25) is 5.69 Å². The number of rotatable bonds is 1. The average Bonchev–Trinajstić information content (AvgIpc) is 1.96. The van der Waals surface area contributed by atoms with Crippen LogP contribution in [-0.4, -0.2) is 0 Å². The summed E-state index contributed by atoms with van der Waals surface area (Å²) in [7, 11) is 0. The number of hydrogen-bond donors (Lipinski definition) is 0. The quantitative estimate of drug-likeness (QED) is 0.359. The van der Waals surface area contributed by atoms with E-state index in [1.165, 1.54) is 0 Å². The summed E-state index contributed by atoms with van der Waals surface area (Å²) in [6, 6.07) is 3.63. The molecule has 0 amide bonds. The highest BCUT2D eigenvalue weighted by Gasteiger charge is 2.06. The largest absolute Gasteiger partial charge is 0.618 e. The molecule has 0 aliphatic heterocycles. The van der Waals surface area contributed by atoms with Crippen LogP contribution in [0.4, 0.5) is 0 Å². The second-order valence-corrected chi connectivity index (χ2v) is 2.86. The molecule has 2 nitrogen and oxygen atoms in total. The second-order valence-electron chi connectivity index (χ2n) is 2.59. The van der Waals surface area contributed by atoms with Gasteiger partial charge in [0.05, 0.1) is 0 Å². The molecule has 0 atom stereocenters. The Bertz CT molecular complexity index is 273. The highest BCUT2D eigenvalue weighted by Crippen LogP contribution is 2.03. The molecule has 60 valence electrons. The van der Waals surface area contributed by atoms with Crippen molar-refractivity contribution >= 4 is 11.6 Å². The Balaban J connectivity index is 3.24. The van der Waals surface area contributed by atoms with Crippen molar-refractivity contribution < 1.29 is 4.73 Å². The van der Waals surface area contributed by atoms with Gasteiger partial charge in [-0.2, -0.15) is 4.73 Å². The fourth-order valence-corrected chi connectivity index (χ4v) is 1.26. The van der Waals surface area contributed by atoms with Crippen molar-refractivity contribution in [1.29, 1.82) is 0 Å².